The van der Waals surface area contributed by atoms with E-state index in [0.717, 1.165) is 0 Å². The SMILES string of the molecule is CS(=O)CCNc1cc(C(=O)O)c2ccccc2n1. The quantitative estimate of drug-likeness (QED) is 0.870. The van der Waals surface area contributed by atoms with Crippen LogP contribution in [0.4, 0.5) is 5.82 Å². The molecule has 6 heteroatoms. The van der Waals surface area contributed by atoms with Gasteiger partial charge < -0.3 is 10.4 Å². The lowest BCUT2D eigenvalue weighted by atomic mass is 10.1. The van der Waals surface area contributed by atoms with Crippen molar-refractivity contribution in [1.29, 1.82) is 0 Å². The standard InChI is InChI=1S/C13H14N2O3S/c1-19(18)7-6-14-12-8-10(13(16)17)9-4-2-3-5-11(9)15-12/h2-5,8H,6-7H2,1H3,(H,14,15)(H,16,17). The molecule has 0 bridgehead atoms. The molecule has 1 heterocycles. The van der Waals surface area contributed by atoms with Crippen molar-refractivity contribution in [2.45, 2.75) is 0 Å². The number of fused-ring (bicyclic) bond motifs is 1. The smallest absolute Gasteiger partial charge is 0.336 e. The molecule has 1 aromatic carbocycles. The second kappa shape index (κ2) is 5.79. The van der Waals surface area contributed by atoms with Crippen molar-refractivity contribution in [3.05, 3.63) is 35.9 Å². The molecule has 0 radical (unpaired) electrons. The van der Waals surface area contributed by atoms with Gasteiger partial charge in [0.1, 0.15) is 5.82 Å². The van der Waals surface area contributed by atoms with E-state index in [9.17, 15) is 14.1 Å². The number of para-hydroxylation sites is 1. The van der Waals surface area contributed by atoms with Crippen LogP contribution < -0.4 is 5.32 Å². The number of nitrogens with one attached hydrogen (secondary N) is 1. The number of benzene rings is 1. The van der Waals surface area contributed by atoms with Crippen LogP contribution in [0.15, 0.2) is 30.3 Å². The molecular formula is C13H14N2O3S. The fourth-order valence-corrected chi connectivity index (χ4v) is 2.16. The van der Waals surface area contributed by atoms with E-state index < -0.39 is 16.8 Å². The monoisotopic (exact) mass is 278 g/mol. The third kappa shape index (κ3) is 3.29. The molecule has 1 atom stereocenters. The molecule has 2 N–H and O–H groups in total. The molecule has 1 unspecified atom stereocenters. The summed E-state index contributed by atoms with van der Waals surface area (Å²) in [5.74, 6) is -0.000964. The molecule has 1 aromatic heterocycles. The Bertz CT molecular complexity index is 643. The lowest BCUT2D eigenvalue weighted by molar-refractivity contribution is 0.0699. The highest BCUT2D eigenvalue weighted by Gasteiger charge is 2.11. The van der Waals surface area contributed by atoms with Gasteiger partial charge in [0.25, 0.3) is 0 Å². The summed E-state index contributed by atoms with van der Waals surface area (Å²) < 4.78 is 11.0. The van der Waals surface area contributed by atoms with Crippen LogP contribution in [0.1, 0.15) is 10.4 Å². The molecule has 100 valence electrons. The van der Waals surface area contributed by atoms with Crippen molar-refractivity contribution in [3.63, 3.8) is 0 Å². The molecule has 2 rings (SSSR count). The van der Waals surface area contributed by atoms with Gasteiger partial charge in [0, 0.05) is 34.7 Å². The minimum Gasteiger partial charge on any atom is -0.478 e. The summed E-state index contributed by atoms with van der Waals surface area (Å²) in [7, 11) is -0.887. The normalized spacial score (nSPS) is 12.3. The van der Waals surface area contributed by atoms with Gasteiger partial charge in [-0.15, -0.1) is 0 Å². The van der Waals surface area contributed by atoms with Crippen LogP contribution in [0.5, 0.6) is 0 Å². The van der Waals surface area contributed by atoms with Crippen molar-refractivity contribution < 1.29 is 14.1 Å². The number of rotatable bonds is 5. The largest absolute Gasteiger partial charge is 0.478 e. The number of carbonyl (C=O) groups is 1. The van der Waals surface area contributed by atoms with Crippen LogP contribution in [0.2, 0.25) is 0 Å². The highest BCUT2D eigenvalue weighted by Crippen LogP contribution is 2.20. The van der Waals surface area contributed by atoms with Crippen molar-refractivity contribution in [2.75, 3.05) is 23.9 Å². The Balaban J connectivity index is 2.35. The maximum Gasteiger partial charge on any atom is 0.336 e. The first-order chi connectivity index (χ1) is 9.08. The predicted molar refractivity (Wildman–Crippen MR) is 76.1 cm³/mol. The van der Waals surface area contributed by atoms with Crippen molar-refractivity contribution >= 4 is 33.5 Å². The Morgan fingerprint density at radius 3 is 2.84 bits per heavy atom. The van der Waals surface area contributed by atoms with E-state index in [4.69, 9.17) is 0 Å². The summed E-state index contributed by atoms with van der Waals surface area (Å²) in [5, 5.41) is 12.8. The van der Waals surface area contributed by atoms with Gasteiger partial charge in [-0.2, -0.15) is 0 Å². The molecule has 2 aromatic rings. The van der Waals surface area contributed by atoms with E-state index in [1.54, 1.807) is 24.5 Å². The second-order valence-electron chi connectivity index (χ2n) is 4.08. The summed E-state index contributed by atoms with van der Waals surface area (Å²) in [6, 6.07) is 8.60. The van der Waals surface area contributed by atoms with Gasteiger partial charge in [-0.05, 0) is 12.1 Å². The molecule has 0 aliphatic rings. The summed E-state index contributed by atoms with van der Waals surface area (Å²) in [6.07, 6.45) is 1.62. The average Bonchev–Trinajstić information content (AvgIpc) is 2.37. The zero-order valence-corrected chi connectivity index (χ0v) is 11.2. The molecule has 5 nitrogen and oxygen atoms in total. The maximum absolute atomic E-state index is 11.2. The predicted octanol–water partition coefficient (Wildman–Crippen LogP) is 1.72. The number of aromatic nitrogens is 1. The number of hydrogen-bond acceptors (Lipinski definition) is 4. The fourth-order valence-electron chi connectivity index (χ4n) is 1.77. The molecule has 0 fully saturated rings. The lowest BCUT2D eigenvalue weighted by Crippen LogP contribution is -2.11. The number of carboxylic acids is 1. The Kier molecular flexibility index (Phi) is 4.11. The van der Waals surface area contributed by atoms with Crippen LogP contribution in [-0.4, -0.2) is 38.8 Å². The fraction of sp³-hybridized carbons (Fsp3) is 0.231. The van der Waals surface area contributed by atoms with Gasteiger partial charge in [-0.3, -0.25) is 4.21 Å². The van der Waals surface area contributed by atoms with Gasteiger partial charge in [-0.25, -0.2) is 9.78 Å². The first-order valence-corrected chi connectivity index (χ1v) is 7.47. The minimum absolute atomic E-state index is 0.214. The zero-order chi connectivity index (χ0) is 13.8. The first-order valence-electron chi connectivity index (χ1n) is 5.75. The topological polar surface area (TPSA) is 79.3 Å². The Labute approximate surface area is 113 Å². The minimum atomic E-state index is -0.985. The lowest BCUT2D eigenvalue weighted by Gasteiger charge is -2.08. The van der Waals surface area contributed by atoms with Gasteiger partial charge >= 0.3 is 5.97 Å². The Morgan fingerprint density at radius 2 is 2.16 bits per heavy atom. The number of aromatic carboxylic acids is 1. The van der Waals surface area contributed by atoms with E-state index in [2.05, 4.69) is 10.3 Å². The molecule has 0 spiro atoms. The maximum atomic E-state index is 11.2. The highest BCUT2D eigenvalue weighted by atomic mass is 32.2. The first kappa shape index (κ1) is 13.5. The molecule has 19 heavy (non-hydrogen) atoms. The van der Waals surface area contributed by atoms with E-state index in [1.165, 1.54) is 6.07 Å². The van der Waals surface area contributed by atoms with Gasteiger partial charge in [-0.1, -0.05) is 18.2 Å². The van der Waals surface area contributed by atoms with Crippen molar-refractivity contribution in [3.8, 4) is 0 Å². The molecule has 0 aliphatic carbocycles. The number of hydrogen-bond donors (Lipinski definition) is 2. The van der Waals surface area contributed by atoms with Crippen LogP contribution in [0.3, 0.4) is 0 Å². The Morgan fingerprint density at radius 1 is 1.42 bits per heavy atom. The number of pyridine rings is 1. The number of anilines is 1. The van der Waals surface area contributed by atoms with Gasteiger partial charge in [0.15, 0.2) is 0 Å². The van der Waals surface area contributed by atoms with Crippen molar-refractivity contribution in [1.82, 2.24) is 4.98 Å². The average molecular weight is 278 g/mol. The van der Waals surface area contributed by atoms with Crippen LogP contribution in [0, 0.1) is 0 Å². The molecule has 0 aliphatic heterocycles. The summed E-state index contributed by atoms with van der Waals surface area (Å²) in [4.78, 5) is 15.6. The van der Waals surface area contributed by atoms with E-state index in [1.807, 2.05) is 6.07 Å². The zero-order valence-electron chi connectivity index (χ0n) is 10.4. The van der Waals surface area contributed by atoms with E-state index >= 15 is 0 Å². The van der Waals surface area contributed by atoms with Crippen molar-refractivity contribution in [2.24, 2.45) is 0 Å². The van der Waals surface area contributed by atoms with Gasteiger partial charge in [0.05, 0.1) is 11.1 Å². The number of nitrogens with zero attached hydrogens (tertiary/aromatic N) is 1. The van der Waals surface area contributed by atoms with Gasteiger partial charge in [0.2, 0.25) is 0 Å². The highest BCUT2D eigenvalue weighted by molar-refractivity contribution is 7.84. The summed E-state index contributed by atoms with van der Waals surface area (Å²) in [5.41, 5.74) is 0.841. The third-order valence-corrected chi connectivity index (χ3v) is 3.42. The Hall–Kier alpha value is -1.95. The van der Waals surface area contributed by atoms with Crippen LogP contribution in [0.25, 0.3) is 10.9 Å². The summed E-state index contributed by atoms with van der Waals surface area (Å²) >= 11 is 0. The molecule has 0 saturated heterocycles. The molecule has 0 saturated carbocycles. The van der Waals surface area contributed by atoms with Crippen LogP contribution in [-0.2, 0) is 10.8 Å². The molecule has 0 amide bonds. The second-order valence-corrected chi connectivity index (χ2v) is 5.64. The van der Waals surface area contributed by atoms with Crippen LogP contribution >= 0.6 is 0 Å². The third-order valence-electron chi connectivity index (χ3n) is 2.64. The number of carboxylic acid groups (broad SMARTS) is 1. The van der Waals surface area contributed by atoms with E-state index in [-0.39, 0.29) is 5.56 Å². The van der Waals surface area contributed by atoms with E-state index in [0.29, 0.717) is 29.0 Å². The molecular weight excluding hydrogens is 264 g/mol. The summed E-state index contributed by atoms with van der Waals surface area (Å²) in [6.45, 7) is 0.494.